The zero-order valence-corrected chi connectivity index (χ0v) is 23.5. The molecule has 1 N–H and O–H groups in total. The number of nitrogens with zero attached hydrogens (tertiary/aromatic N) is 2. The molecular formula is C24H29Cl3FN3O4S. The van der Waals surface area contributed by atoms with E-state index in [1.807, 2.05) is 13.8 Å². The third kappa shape index (κ3) is 8.23. The van der Waals surface area contributed by atoms with Crippen molar-refractivity contribution in [3.63, 3.8) is 0 Å². The minimum absolute atomic E-state index is 0.0130. The second-order valence-electron chi connectivity index (χ2n) is 8.69. The molecule has 36 heavy (non-hydrogen) atoms. The van der Waals surface area contributed by atoms with Crippen LogP contribution in [0.1, 0.15) is 32.8 Å². The van der Waals surface area contributed by atoms with Crippen molar-refractivity contribution in [2.24, 2.45) is 5.92 Å². The fourth-order valence-electron chi connectivity index (χ4n) is 3.43. The molecule has 0 saturated carbocycles. The van der Waals surface area contributed by atoms with E-state index < -0.39 is 34.3 Å². The molecule has 1 atom stereocenters. The third-order valence-corrected chi connectivity index (χ3v) is 7.31. The Bertz CT molecular complexity index is 1210. The van der Waals surface area contributed by atoms with Gasteiger partial charge in [-0.2, -0.15) is 0 Å². The summed E-state index contributed by atoms with van der Waals surface area (Å²) < 4.78 is 39.7. The predicted octanol–water partition coefficient (Wildman–Crippen LogP) is 5.13. The Morgan fingerprint density at radius 3 is 2.25 bits per heavy atom. The zero-order valence-electron chi connectivity index (χ0n) is 20.4. The molecule has 0 bridgehead atoms. The first-order valence-electron chi connectivity index (χ1n) is 11.2. The summed E-state index contributed by atoms with van der Waals surface area (Å²) in [4.78, 5) is 27.9. The summed E-state index contributed by atoms with van der Waals surface area (Å²) in [6.07, 6.45) is 1.19. The van der Waals surface area contributed by atoms with Crippen molar-refractivity contribution in [2.45, 2.75) is 39.8 Å². The highest BCUT2D eigenvalue weighted by molar-refractivity contribution is 7.92. The van der Waals surface area contributed by atoms with Gasteiger partial charge in [-0.05, 0) is 48.2 Å². The molecule has 0 heterocycles. The normalized spacial score (nSPS) is 12.4. The fraction of sp³-hybridized carbons (Fsp3) is 0.417. The molecule has 2 aromatic rings. The summed E-state index contributed by atoms with van der Waals surface area (Å²) in [7, 11) is -3.98. The van der Waals surface area contributed by atoms with Gasteiger partial charge in [0.15, 0.2) is 0 Å². The number of rotatable bonds is 11. The molecule has 2 aromatic carbocycles. The SMILES string of the molecule is CC[C@@H](C(=O)NCC(C)C)N(Cc1ccc(Cl)cc1Cl)C(=O)CN(c1ccc(F)c(Cl)c1)S(C)(=O)=O. The highest BCUT2D eigenvalue weighted by Gasteiger charge is 2.32. The molecule has 12 heteroatoms. The summed E-state index contributed by atoms with van der Waals surface area (Å²) in [5.74, 6) is -1.57. The summed E-state index contributed by atoms with van der Waals surface area (Å²) in [6.45, 7) is 5.33. The van der Waals surface area contributed by atoms with Crippen molar-refractivity contribution < 1.29 is 22.4 Å². The number of benzene rings is 2. The van der Waals surface area contributed by atoms with E-state index in [1.54, 1.807) is 19.1 Å². The summed E-state index contributed by atoms with van der Waals surface area (Å²) in [5, 5.41) is 3.23. The van der Waals surface area contributed by atoms with Gasteiger partial charge in [0, 0.05) is 23.1 Å². The molecular weight excluding hydrogens is 552 g/mol. The summed E-state index contributed by atoms with van der Waals surface area (Å²) in [6, 6.07) is 7.21. The molecule has 0 radical (unpaired) electrons. The highest BCUT2D eigenvalue weighted by Crippen LogP contribution is 2.27. The Balaban J connectivity index is 2.48. The first-order chi connectivity index (χ1) is 16.7. The molecule has 0 saturated heterocycles. The van der Waals surface area contributed by atoms with E-state index in [-0.39, 0.29) is 35.5 Å². The summed E-state index contributed by atoms with van der Waals surface area (Å²) in [5.41, 5.74) is 0.541. The smallest absolute Gasteiger partial charge is 0.244 e. The minimum atomic E-state index is -3.98. The molecule has 2 rings (SSSR count). The first-order valence-corrected chi connectivity index (χ1v) is 14.2. The first kappa shape index (κ1) is 30.2. The Labute approximate surface area is 226 Å². The molecule has 0 aliphatic heterocycles. The standard InChI is InChI=1S/C24H29Cl3FN3O4S/c1-5-22(24(33)29-12-15(2)3)30(13-16-6-7-17(25)10-19(16)26)23(32)14-31(36(4,34)35)18-8-9-21(28)20(27)11-18/h6-11,15,22H,5,12-14H2,1-4H3,(H,29,33)/t22-/m0/s1. The molecule has 2 amide bonds. The van der Waals surface area contributed by atoms with Crippen LogP contribution in [-0.2, 0) is 26.2 Å². The van der Waals surface area contributed by atoms with E-state index >= 15 is 0 Å². The Morgan fingerprint density at radius 2 is 1.72 bits per heavy atom. The van der Waals surface area contributed by atoms with Crippen LogP contribution < -0.4 is 9.62 Å². The van der Waals surface area contributed by atoms with Crippen LogP contribution >= 0.6 is 34.8 Å². The van der Waals surface area contributed by atoms with Crippen LogP contribution in [0, 0.1) is 11.7 Å². The average molecular weight is 581 g/mol. The maximum absolute atomic E-state index is 13.7. The van der Waals surface area contributed by atoms with Gasteiger partial charge in [-0.1, -0.05) is 61.6 Å². The maximum atomic E-state index is 13.7. The highest BCUT2D eigenvalue weighted by atomic mass is 35.5. The number of carbonyl (C=O) groups is 2. The largest absolute Gasteiger partial charge is 0.354 e. The van der Waals surface area contributed by atoms with Gasteiger partial charge in [0.25, 0.3) is 0 Å². The topological polar surface area (TPSA) is 86.8 Å². The van der Waals surface area contributed by atoms with Crippen molar-refractivity contribution in [3.8, 4) is 0 Å². The molecule has 0 aliphatic rings. The molecule has 198 valence electrons. The Morgan fingerprint density at radius 1 is 1.06 bits per heavy atom. The van der Waals surface area contributed by atoms with Crippen LogP contribution in [0.2, 0.25) is 15.1 Å². The van der Waals surface area contributed by atoms with Gasteiger partial charge < -0.3 is 10.2 Å². The molecule has 0 fully saturated rings. The van der Waals surface area contributed by atoms with Gasteiger partial charge >= 0.3 is 0 Å². The fourth-order valence-corrected chi connectivity index (χ4v) is 4.91. The Hall–Kier alpha value is -2.07. The van der Waals surface area contributed by atoms with E-state index in [4.69, 9.17) is 34.8 Å². The second-order valence-corrected chi connectivity index (χ2v) is 11.8. The number of carbonyl (C=O) groups excluding carboxylic acids is 2. The molecule has 0 aromatic heterocycles. The molecule has 0 aliphatic carbocycles. The number of amides is 2. The average Bonchev–Trinajstić information content (AvgIpc) is 2.78. The van der Waals surface area contributed by atoms with Crippen molar-refractivity contribution in [1.82, 2.24) is 10.2 Å². The number of hydrogen-bond acceptors (Lipinski definition) is 4. The predicted molar refractivity (Wildman–Crippen MR) is 143 cm³/mol. The van der Waals surface area contributed by atoms with Crippen molar-refractivity contribution in [2.75, 3.05) is 23.7 Å². The second kappa shape index (κ2) is 12.9. The monoisotopic (exact) mass is 579 g/mol. The lowest BCUT2D eigenvalue weighted by Crippen LogP contribution is -2.52. The number of halogens is 4. The van der Waals surface area contributed by atoms with E-state index in [9.17, 15) is 22.4 Å². The van der Waals surface area contributed by atoms with Gasteiger partial charge in [0.1, 0.15) is 18.4 Å². The van der Waals surface area contributed by atoms with Crippen molar-refractivity contribution in [1.29, 1.82) is 0 Å². The number of hydrogen-bond donors (Lipinski definition) is 1. The number of anilines is 1. The third-order valence-electron chi connectivity index (χ3n) is 5.30. The lowest BCUT2D eigenvalue weighted by Gasteiger charge is -2.33. The molecule has 0 unspecified atom stereocenters. The molecule has 0 spiro atoms. The lowest BCUT2D eigenvalue weighted by molar-refractivity contribution is -0.140. The van der Waals surface area contributed by atoms with Crippen LogP contribution in [0.5, 0.6) is 0 Å². The minimum Gasteiger partial charge on any atom is -0.354 e. The number of sulfonamides is 1. The zero-order chi connectivity index (χ0) is 27.2. The van der Waals surface area contributed by atoms with Crippen LogP contribution in [0.4, 0.5) is 10.1 Å². The van der Waals surface area contributed by atoms with E-state index in [1.165, 1.54) is 17.0 Å². The lowest BCUT2D eigenvalue weighted by atomic mass is 10.1. The van der Waals surface area contributed by atoms with Crippen molar-refractivity contribution >= 4 is 62.3 Å². The van der Waals surface area contributed by atoms with Crippen LogP contribution in [0.15, 0.2) is 36.4 Å². The molecule has 7 nitrogen and oxygen atoms in total. The van der Waals surface area contributed by atoms with Crippen LogP contribution in [0.25, 0.3) is 0 Å². The van der Waals surface area contributed by atoms with Gasteiger partial charge in [0.05, 0.1) is 17.0 Å². The van der Waals surface area contributed by atoms with Gasteiger partial charge in [-0.25, -0.2) is 12.8 Å². The summed E-state index contributed by atoms with van der Waals surface area (Å²) >= 11 is 18.2. The van der Waals surface area contributed by atoms with E-state index in [0.717, 1.165) is 22.7 Å². The van der Waals surface area contributed by atoms with Gasteiger partial charge in [-0.15, -0.1) is 0 Å². The Kier molecular flexibility index (Phi) is 10.8. The van der Waals surface area contributed by atoms with Gasteiger partial charge in [-0.3, -0.25) is 13.9 Å². The van der Waals surface area contributed by atoms with E-state index in [2.05, 4.69) is 5.32 Å². The van der Waals surface area contributed by atoms with Crippen LogP contribution in [-0.4, -0.2) is 50.5 Å². The van der Waals surface area contributed by atoms with Crippen molar-refractivity contribution in [3.05, 3.63) is 62.8 Å². The quantitative estimate of drug-likeness (QED) is 0.399. The maximum Gasteiger partial charge on any atom is 0.244 e. The van der Waals surface area contributed by atoms with Crippen LogP contribution in [0.3, 0.4) is 0 Å². The van der Waals surface area contributed by atoms with E-state index in [0.29, 0.717) is 22.2 Å². The van der Waals surface area contributed by atoms with Gasteiger partial charge in [0.2, 0.25) is 21.8 Å². The number of nitrogens with one attached hydrogen (secondary N) is 1.